The van der Waals surface area contributed by atoms with Crippen molar-refractivity contribution in [2.45, 2.75) is 13.5 Å². The van der Waals surface area contributed by atoms with Crippen LogP contribution in [0.2, 0.25) is 0 Å². The van der Waals surface area contributed by atoms with Gasteiger partial charge in [-0.1, -0.05) is 17.3 Å². The lowest BCUT2D eigenvalue weighted by Crippen LogP contribution is -2.05. The maximum atomic E-state index is 9.55. The summed E-state index contributed by atoms with van der Waals surface area (Å²) in [6.45, 7) is 2.43. The first kappa shape index (κ1) is 14.9. The number of aryl methyl sites for hydroxylation is 1. The average Bonchev–Trinajstić information content (AvgIpc) is 3.17. The van der Waals surface area contributed by atoms with Gasteiger partial charge in [0.1, 0.15) is 11.4 Å². The second-order valence-electron chi connectivity index (χ2n) is 5.81. The molecule has 0 fully saturated rings. The molecule has 0 unspecified atom stereocenters. The number of aromatic amines is 1. The first-order valence-electron chi connectivity index (χ1n) is 7.61. The van der Waals surface area contributed by atoms with E-state index in [-0.39, 0.29) is 11.7 Å². The van der Waals surface area contributed by atoms with E-state index in [2.05, 4.69) is 25.3 Å². The van der Waals surface area contributed by atoms with Crippen molar-refractivity contribution >= 4 is 22.8 Å². The average molecular weight is 336 g/mol. The van der Waals surface area contributed by atoms with Gasteiger partial charge in [0.05, 0.1) is 12.2 Å². The first-order valence-corrected chi connectivity index (χ1v) is 7.61. The Morgan fingerprint density at radius 3 is 2.76 bits per heavy atom. The maximum absolute atomic E-state index is 9.55. The fourth-order valence-corrected chi connectivity index (χ4v) is 2.70. The molecule has 1 aromatic carbocycles. The first-order chi connectivity index (χ1) is 12.0. The molecule has 4 rings (SSSR count). The lowest BCUT2D eigenvalue weighted by atomic mass is 10.1. The van der Waals surface area contributed by atoms with Gasteiger partial charge in [-0.15, -0.1) is 5.10 Å². The number of aromatic hydroxyl groups is 1. The van der Waals surface area contributed by atoms with Gasteiger partial charge in [0.15, 0.2) is 11.2 Å². The minimum Gasteiger partial charge on any atom is -0.506 e. The minimum atomic E-state index is 0.102. The summed E-state index contributed by atoms with van der Waals surface area (Å²) in [5.41, 5.74) is 16.6. The van der Waals surface area contributed by atoms with Crippen molar-refractivity contribution in [3.05, 3.63) is 41.6 Å². The summed E-state index contributed by atoms with van der Waals surface area (Å²) >= 11 is 0. The normalized spacial score (nSPS) is 11.2. The molecule has 0 spiro atoms. The SMILES string of the molecule is Cc1cc(Cn2nnc3c(-c4cc(O)c[nH]4)nc(N)nc32)ccc1N. The van der Waals surface area contributed by atoms with Crippen molar-refractivity contribution in [1.82, 2.24) is 29.9 Å². The Balaban J connectivity index is 1.81. The van der Waals surface area contributed by atoms with Gasteiger partial charge in [0, 0.05) is 18.0 Å². The van der Waals surface area contributed by atoms with E-state index in [1.54, 1.807) is 10.7 Å². The second-order valence-corrected chi connectivity index (χ2v) is 5.81. The fraction of sp³-hybridized carbons (Fsp3) is 0.125. The minimum absolute atomic E-state index is 0.102. The van der Waals surface area contributed by atoms with Gasteiger partial charge in [0.25, 0.3) is 0 Å². The summed E-state index contributed by atoms with van der Waals surface area (Å²) in [5, 5.41) is 17.9. The Hall–Kier alpha value is -3.62. The van der Waals surface area contributed by atoms with Crippen LogP contribution in [0.25, 0.3) is 22.6 Å². The maximum Gasteiger partial charge on any atom is 0.222 e. The summed E-state index contributed by atoms with van der Waals surface area (Å²) in [6, 6.07) is 7.34. The third-order valence-corrected chi connectivity index (χ3v) is 3.97. The molecule has 0 amide bonds. The van der Waals surface area contributed by atoms with Crippen molar-refractivity contribution in [3.63, 3.8) is 0 Å². The molecular formula is C16H16N8O. The number of nitrogens with zero attached hydrogens (tertiary/aromatic N) is 5. The fourth-order valence-electron chi connectivity index (χ4n) is 2.70. The van der Waals surface area contributed by atoms with Crippen LogP contribution in [0.1, 0.15) is 11.1 Å². The molecular weight excluding hydrogens is 320 g/mol. The molecule has 0 aliphatic carbocycles. The molecule has 126 valence electrons. The summed E-state index contributed by atoms with van der Waals surface area (Å²) in [5.74, 6) is 0.207. The lowest BCUT2D eigenvalue weighted by molar-refractivity contribution is 0.476. The van der Waals surface area contributed by atoms with E-state index in [0.29, 0.717) is 29.1 Å². The zero-order chi connectivity index (χ0) is 17.6. The van der Waals surface area contributed by atoms with Gasteiger partial charge in [-0.3, -0.25) is 0 Å². The van der Waals surface area contributed by atoms with Gasteiger partial charge in [-0.2, -0.15) is 4.98 Å². The number of hydrogen-bond acceptors (Lipinski definition) is 7. The molecule has 6 N–H and O–H groups in total. The predicted octanol–water partition coefficient (Wildman–Crippen LogP) is 1.44. The third kappa shape index (κ3) is 2.61. The van der Waals surface area contributed by atoms with Crippen molar-refractivity contribution in [2.75, 3.05) is 11.5 Å². The highest BCUT2D eigenvalue weighted by atomic mass is 16.3. The highest BCUT2D eigenvalue weighted by molar-refractivity contribution is 5.86. The molecule has 0 bridgehead atoms. The highest BCUT2D eigenvalue weighted by Gasteiger charge is 2.17. The van der Waals surface area contributed by atoms with Crippen molar-refractivity contribution in [3.8, 4) is 17.1 Å². The molecule has 0 saturated carbocycles. The van der Waals surface area contributed by atoms with Crippen LogP contribution in [0.4, 0.5) is 11.6 Å². The predicted molar refractivity (Wildman–Crippen MR) is 93.7 cm³/mol. The summed E-state index contributed by atoms with van der Waals surface area (Å²) < 4.78 is 1.66. The van der Waals surface area contributed by atoms with E-state index in [9.17, 15) is 5.11 Å². The summed E-state index contributed by atoms with van der Waals surface area (Å²) in [4.78, 5) is 11.4. The smallest absolute Gasteiger partial charge is 0.222 e. The van der Waals surface area contributed by atoms with Crippen LogP contribution in [0.15, 0.2) is 30.5 Å². The number of nitrogen functional groups attached to an aromatic ring is 2. The number of nitrogens with one attached hydrogen (secondary N) is 1. The highest BCUT2D eigenvalue weighted by Crippen LogP contribution is 2.27. The van der Waals surface area contributed by atoms with Crippen molar-refractivity contribution < 1.29 is 5.11 Å². The molecule has 0 aliphatic rings. The van der Waals surface area contributed by atoms with Crippen LogP contribution in [0, 0.1) is 6.92 Å². The van der Waals surface area contributed by atoms with Gasteiger partial charge in [-0.25, -0.2) is 9.67 Å². The monoisotopic (exact) mass is 336 g/mol. The lowest BCUT2D eigenvalue weighted by Gasteiger charge is -2.06. The summed E-state index contributed by atoms with van der Waals surface area (Å²) in [7, 11) is 0. The molecule has 9 heteroatoms. The largest absolute Gasteiger partial charge is 0.506 e. The van der Waals surface area contributed by atoms with E-state index >= 15 is 0 Å². The standard InChI is InChI=1S/C16H16N8O/c1-8-4-9(2-3-11(8)17)7-24-15-14(22-23-24)13(20-16(18)21-15)12-5-10(25)6-19-12/h2-6,19,25H,7,17H2,1H3,(H2,18,20,21). The number of fused-ring (bicyclic) bond motifs is 1. The van der Waals surface area contributed by atoms with Crippen molar-refractivity contribution in [1.29, 1.82) is 0 Å². The Bertz CT molecular complexity index is 1080. The molecule has 3 heterocycles. The van der Waals surface area contributed by atoms with Crippen LogP contribution in [0.5, 0.6) is 5.75 Å². The number of nitrogens with two attached hydrogens (primary N) is 2. The van der Waals surface area contributed by atoms with Crippen LogP contribution in [-0.4, -0.2) is 35.1 Å². The van der Waals surface area contributed by atoms with Crippen molar-refractivity contribution in [2.24, 2.45) is 0 Å². The Labute approximate surface area is 142 Å². The quantitative estimate of drug-likeness (QED) is 0.414. The zero-order valence-electron chi connectivity index (χ0n) is 13.4. The van der Waals surface area contributed by atoms with Gasteiger partial charge in [0.2, 0.25) is 5.95 Å². The Morgan fingerprint density at radius 1 is 1.20 bits per heavy atom. The Morgan fingerprint density at radius 2 is 2.04 bits per heavy atom. The van der Waals surface area contributed by atoms with Gasteiger partial charge >= 0.3 is 0 Å². The van der Waals surface area contributed by atoms with E-state index < -0.39 is 0 Å². The van der Waals surface area contributed by atoms with Crippen LogP contribution >= 0.6 is 0 Å². The second kappa shape index (κ2) is 5.48. The van der Waals surface area contributed by atoms with Crippen LogP contribution in [0.3, 0.4) is 0 Å². The molecule has 0 saturated heterocycles. The van der Waals surface area contributed by atoms with E-state index in [4.69, 9.17) is 11.5 Å². The summed E-state index contributed by atoms with van der Waals surface area (Å²) in [6.07, 6.45) is 1.46. The molecule has 0 aliphatic heterocycles. The number of benzene rings is 1. The Kier molecular flexibility index (Phi) is 3.27. The van der Waals surface area contributed by atoms with E-state index in [0.717, 1.165) is 16.8 Å². The molecule has 0 atom stereocenters. The van der Waals surface area contributed by atoms with E-state index in [1.807, 2.05) is 25.1 Å². The molecule has 25 heavy (non-hydrogen) atoms. The number of hydrogen-bond donors (Lipinski definition) is 4. The molecule has 4 aromatic rings. The number of aromatic nitrogens is 6. The van der Waals surface area contributed by atoms with Gasteiger partial charge < -0.3 is 21.6 Å². The van der Waals surface area contributed by atoms with E-state index in [1.165, 1.54) is 6.20 Å². The molecule has 3 aromatic heterocycles. The van der Waals surface area contributed by atoms with Crippen LogP contribution < -0.4 is 11.5 Å². The topological polar surface area (TPSA) is 145 Å². The van der Waals surface area contributed by atoms with Gasteiger partial charge in [-0.05, 0) is 24.1 Å². The molecule has 0 radical (unpaired) electrons. The number of anilines is 2. The number of H-pyrrole nitrogens is 1. The number of rotatable bonds is 3. The molecule has 9 nitrogen and oxygen atoms in total. The third-order valence-electron chi connectivity index (χ3n) is 3.97. The van der Waals surface area contributed by atoms with Crippen LogP contribution in [-0.2, 0) is 6.54 Å². The zero-order valence-corrected chi connectivity index (χ0v) is 13.4.